The zero-order valence-electron chi connectivity index (χ0n) is 10.4. The Bertz CT molecular complexity index is 302. The van der Waals surface area contributed by atoms with E-state index >= 15 is 0 Å². The minimum absolute atomic E-state index is 0.450. The van der Waals surface area contributed by atoms with Crippen LogP contribution >= 0.6 is 0 Å². The molecule has 1 heterocycles. The summed E-state index contributed by atoms with van der Waals surface area (Å²) in [5, 5.41) is 0. The van der Waals surface area contributed by atoms with Crippen molar-refractivity contribution in [3.05, 3.63) is 11.3 Å². The van der Waals surface area contributed by atoms with Gasteiger partial charge in [0.1, 0.15) is 0 Å². The minimum atomic E-state index is 0.450. The topological polar surface area (TPSA) is 12.4 Å². The second-order valence-corrected chi connectivity index (χ2v) is 6.17. The van der Waals surface area contributed by atoms with Gasteiger partial charge in [-0.05, 0) is 49.5 Å². The highest BCUT2D eigenvalue weighted by Gasteiger charge is 2.21. The summed E-state index contributed by atoms with van der Waals surface area (Å²) in [4.78, 5) is 4.81. The van der Waals surface area contributed by atoms with Crippen LogP contribution in [0.1, 0.15) is 65.7 Å². The zero-order valence-corrected chi connectivity index (χ0v) is 10.4. The Kier molecular flexibility index (Phi) is 2.99. The van der Waals surface area contributed by atoms with E-state index in [2.05, 4.69) is 20.8 Å². The average molecular weight is 205 g/mol. The molecule has 0 N–H and O–H groups in total. The van der Waals surface area contributed by atoms with Gasteiger partial charge in [-0.15, -0.1) is 0 Å². The Labute approximate surface area is 93.7 Å². The maximum absolute atomic E-state index is 4.81. The normalized spacial score (nSPS) is 21.7. The highest BCUT2D eigenvalue weighted by Crippen LogP contribution is 2.34. The van der Waals surface area contributed by atoms with Crippen LogP contribution in [0.2, 0.25) is 0 Å². The fourth-order valence-electron chi connectivity index (χ4n) is 2.42. The zero-order chi connectivity index (χ0) is 10.9. The van der Waals surface area contributed by atoms with E-state index in [4.69, 9.17) is 4.99 Å². The Morgan fingerprint density at radius 1 is 1.13 bits per heavy atom. The SMILES string of the molecule is CC(C)(C)CCC1=NC2=C(CCCC2)C1. The van der Waals surface area contributed by atoms with Crippen molar-refractivity contribution in [2.75, 3.05) is 0 Å². The van der Waals surface area contributed by atoms with Crippen LogP contribution in [-0.4, -0.2) is 5.71 Å². The third kappa shape index (κ3) is 2.93. The number of nitrogens with zero attached hydrogens (tertiary/aromatic N) is 1. The molecule has 1 aliphatic carbocycles. The van der Waals surface area contributed by atoms with Crippen LogP contribution in [0.4, 0.5) is 0 Å². The number of allylic oxidation sites excluding steroid dienone is 2. The van der Waals surface area contributed by atoms with E-state index in [-0.39, 0.29) is 0 Å². The summed E-state index contributed by atoms with van der Waals surface area (Å²) in [7, 11) is 0. The second-order valence-electron chi connectivity index (χ2n) is 6.17. The van der Waals surface area contributed by atoms with Gasteiger partial charge < -0.3 is 0 Å². The average Bonchev–Trinajstić information content (AvgIpc) is 2.56. The molecule has 0 amide bonds. The van der Waals surface area contributed by atoms with Crippen LogP contribution < -0.4 is 0 Å². The molecule has 0 bridgehead atoms. The van der Waals surface area contributed by atoms with E-state index in [1.807, 2.05) is 0 Å². The third-order valence-corrected chi connectivity index (χ3v) is 3.42. The molecule has 0 atom stereocenters. The molecule has 0 aromatic heterocycles. The highest BCUT2D eigenvalue weighted by molar-refractivity contribution is 5.90. The van der Waals surface area contributed by atoms with Crippen LogP contribution in [0.15, 0.2) is 16.3 Å². The van der Waals surface area contributed by atoms with Gasteiger partial charge >= 0.3 is 0 Å². The summed E-state index contributed by atoms with van der Waals surface area (Å²) in [5.74, 6) is 0. The van der Waals surface area contributed by atoms with Crippen molar-refractivity contribution in [1.82, 2.24) is 0 Å². The molecule has 0 aromatic carbocycles. The predicted octanol–water partition coefficient (Wildman–Crippen LogP) is 4.49. The first-order valence-electron chi connectivity index (χ1n) is 6.32. The lowest BCUT2D eigenvalue weighted by molar-refractivity contribution is 0.385. The molecule has 2 rings (SSSR count). The molecule has 2 aliphatic rings. The lowest BCUT2D eigenvalue weighted by Crippen LogP contribution is -2.08. The van der Waals surface area contributed by atoms with Gasteiger partial charge in [-0.3, -0.25) is 4.99 Å². The molecule has 0 unspecified atom stereocenters. The van der Waals surface area contributed by atoms with Gasteiger partial charge in [0.25, 0.3) is 0 Å². The number of aliphatic imine (C=N–C) groups is 1. The molecule has 1 aliphatic heterocycles. The van der Waals surface area contributed by atoms with Crippen LogP contribution in [0, 0.1) is 5.41 Å². The Balaban J connectivity index is 1.88. The van der Waals surface area contributed by atoms with Crippen LogP contribution in [0.25, 0.3) is 0 Å². The highest BCUT2D eigenvalue weighted by atomic mass is 14.8. The van der Waals surface area contributed by atoms with E-state index in [1.54, 1.807) is 5.57 Å². The van der Waals surface area contributed by atoms with Gasteiger partial charge in [-0.2, -0.15) is 0 Å². The van der Waals surface area contributed by atoms with Crippen molar-refractivity contribution >= 4 is 5.71 Å². The maximum Gasteiger partial charge on any atom is 0.0398 e. The first kappa shape index (κ1) is 10.9. The summed E-state index contributed by atoms with van der Waals surface area (Å²) < 4.78 is 0. The molecule has 0 saturated heterocycles. The van der Waals surface area contributed by atoms with Crippen molar-refractivity contribution in [3.8, 4) is 0 Å². The maximum atomic E-state index is 4.81. The molecule has 15 heavy (non-hydrogen) atoms. The van der Waals surface area contributed by atoms with Crippen LogP contribution in [0.3, 0.4) is 0 Å². The standard InChI is InChI=1S/C14H23N/c1-14(2,3)9-8-12-10-11-6-4-5-7-13(11)15-12/h4-10H2,1-3H3. The first-order valence-corrected chi connectivity index (χ1v) is 6.32. The van der Waals surface area contributed by atoms with Crippen molar-refractivity contribution in [2.24, 2.45) is 10.4 Å². The van der Waals surface area contributed by atoms with Crippen LogP contribution in [-0.2, 0) is 0 Å². The molecule has 1 nitrogen and oxygen atoms in total. The Hall–Kier alpha value is -0.590. The van der Waals surface area contributed by atoms with Gasteiger partial charge in [-0.1, -0.05) is 20.8 Å². The summed E-state index contributed by atoms with van der Waals surface area (Å²) in [6, 6.07) is 0. The number of hydrogen-bond acceptors (Lipinski definition) is 1. The van der Waals surface area contributed by atoms with E-state index in [1.165, 1.54) is 56.4 Å². The molecular formula is C14H23N. The fourth-order valence-corrected chi connectivity index (χ4v) is 2.42. The first-order chi connectivity index (χ1) is 7.04. The summed E-state index contributed by atoms with van der Waals surface area (Å²) in [6.45, 7) is 6.95. The van der Waals surface area contributed by atoms with E-state index in [9.17, 15) is 0 Å². The summed E-state index contributed by atoms with van der Waals surface area (Å²) >= 11 is 0. The van der Waals surface area contributed by atoms with E-state index in [0.717, 1.165) is 0 Å². The second kappa shape index (κ2) is 4.11. The third-order valence-electron chi connectivity index (χ3n) is 3.42. The molecule has 1 heteroatoms. The Morgan fingerprint density at radius 2 is 1.87 bits per heavy atom. The Morgan fingerprint density at radius 3 is 2.53 bits per heavy atom. The van der Waals surface area contributed by atoms with E-state index in [0.29, 0.717) is 5.41 Å². The predicted molar refractivity (Wildman–Crippen MR) is 66.2 cm³/mol. The molecule has 84 valence electrons. The van der Waals surface area contributed by atoms with Crippen molar-refractivity contribution in [2.45, 2.75) is 65.7 Å². The minimum Gasteiger partial charge on any atom is -0.262 e. The lowest BCUT2D eigenvalue weighted by Gasteiger charge is -2.17. The fraction of sp³-hybridized carbons (Fsp3) is 0.786. The summed E-state index contributed by atoms with van der Waals surface area (Å²) in [6.07, 6.45) is 8.98. The molecular weight excluding hydrogens is 182 g/mol. The molecule has 0 saturated carbocycles. The number of rotatable bonds is 2. The van der Waals surface area contributed by atoms with Crippen molar-refractivity contribution in [1.29, 1.82) is 0 Å². The van der Waals surface area contributed by atoms with Crippen LogP contribution in [0.5, 0.6) is 0 Å². The lowest BCUT2D eigenvalue weighted by atomic mass is 9.88. The molecule has 0 fully saturated rings. The van der Waals surface area contributed by atoms with Gasteiger partial charge in [0.2, 0.25) is 0 Å². The van der Waals surface area contributed by atoms with Gasteiger partial charge in [0.05, 0.1) is 0 Å². The molecule has 0 spiro atoms. The van der Waals surface area contributed by atoms with Crippen molar-refractivity contribution < 1.29 is 0 Å². The van der Waals surface area contributed by atoms with Gasteiger partial charge in [0, 0.05) is 17.8 Å². The number of hydrogen-bond donors (Lipinski definition) is 0. The van der Waals surface area contributed by atoms with E-state index < -0.39 is 0 Å². The summed E-state index contributed by atoms with van der Waals surface area (Å²) in [5.41, 5.74) is 5.01. The monoisotopic (exact) mass is 205 g/mol. The molecule has 0 aromatic rings. The quantitative estimate of drug-likeness (QED) is 0.630. The largest absolute Gasteiger partial charge is 0.262 e. The smallest absolute Gasteiger partial charge is 0.0398 e. The molecule has 0 radical (unpaired) electrons. The van der Waals surface area contributed by atoms with Gasteiger partial charge in [0.15, 0.2) is 0 Å². The van der Waals surface area contributed by atoms with Crippen molar-refractivity contribution in [3.63, 3.8) is 0 Å². The van der Waals surface area contributed by atoms with Gasteiger partial charge in [-0.25, -0.2) is 0 Å².